The Kier molecular flexibility index (Phi) is 5.13. The van der Waals surface area contributed by atoms with Crippen LogP contribution >= 0.6 is 22.7 Å². The first-order valence-corrected chi connectivity index (χ1v) is 14.1. The summed E-state index contributed by atoms with van der Waals surface area (Å²) < 4.78 is 37.1. The summed E-state index contributed by atoms with van der Waals surface area (Å²) >= 11 is 3.27. The predicted octanol–water partition coefficient (Wildman–Crippen LogP) is 5.13. The Bertz CT molecular complexity index is 1380. The van der Waals surface area contributed by atoms with Gasteiger partial charge in [0, 0.05) is 59.2 Å². The van der Waals surface area contributed by atoms with E-state index in [4.69, 9.17) is 4.74 Å². The smallest absolute Gasteiger partial charge is 0.244 e. The summed E-state index contributed by atoms with van der Waals surface area (Å²) in [6.07, 6.45) is 1.38. The third kappa shape index (κ3) is 3.32. The van der Waals surface area contributed by atoms with Gasteiger partial charge in [0.15, 0.2) is 0 Å². The molecule has 1 spiro atoms. The van der Waals surface area contributed by atoms with Crippen molar-refractivity contribution in [3.8, 4) is 0 Å². The van der Waals surface area contributed by atoms with Crippen molar-refractivity contribution in [2.24, 2.45) is 0 Å². The highest BCUT2D eigenvalue weighted by Gasteiger charge is 2.46. The van der Waals surface area contributed by atoms with Crippen LogP contribution in [0.15, 0.2) is 64.2 Å². The highest BCUT2D eigenvalue weighted by atomic mass is 32.2. The molecule has 2 saturated heterocycles. The van der Waals surface area contributed by atoms with Crippen LogP contribution in [-0.4, -0.2) is 49.6 Å². The number of rotatable bonds is 4. The molecule has 0 aliphatic carbocycles. The Morgan fingerprint density at radius 1 is 0.875 bits per heavy atom. The molecule has 32 heavy (non-hydrogen) atoms. The monoisotopic (exact) mass is 484 g/mol. The molecule has 0 amide bonds. The normalized spacial score (nSPS) is 20.0. The number of benzene rings is 2. The lowest BCUT2D eigenvalue weighted by molar-refractivity contribution is -0.114. The molecule has 2 aromatic heterocycles. The quantitative estimate of drug-likeness (QED) is 0.403. The van der Waals surface area contributed by atoms with Gasteiger partial charge < -0.3 is 4.74 Å². The molecule has 0 radical (unpaired) electrons. The molecule has 0 atom stereocenters. The van der Waals surface area contributed by atoms with Crippen molar-refractivity contribution in [3.63, 3.8) is 0 Å². The number of piperidine rings is 1. The SMILES string of the molecule is O=S(=O)(c1csc2ccccc12)N1CCC2(CC1)OCCN2Cc1csc2ccccc12. The second-order valence-electron chi connectivity index (χ2n) is 8.47. The highest BCUT2D eigenvalue weighted by molar-refractivity contribution is 7.89. The largest absolute Gasteiger partial charge is 0.359 e. The molecule has 2 aliphatic rings. The van der Waals surface area contributed by atoms with Crippen molar-refractivity contribution in [2.75, 3.05) is 26.2 Å². The van der Waals surface area contributed by atoms with Crippen LogP contribution in [0.3, 0.4) is 0 Å². The minimum atomic E-state index is -3.52. The third-order valence-electron chi connectivity index (χ3n) is 6.80. The van der Waals surface area contributed by atoms with Crippen molar-refractivity contribution < 1.29 is 13.2 Å². The van der Waals surface area contributed by atoms with Crippen molar-refractivity contribution in [3.05, 3.63) is 64.9 Å². The van der Waals surface area contributed by atoms with E-state index in [0.29, 0.717) is 37.4 Å². The number of ether oxygens (including phenoxy) is 1. The molecule has 8 heteroatoms. The van der Waals surface area contributed by atoms with Crippen molar-refractivity contribution in [1.82, 2.24) is 9.21 Å². The Hall–Kier alpha value is -1.81. The van der Waals surface area contributed by atoms with Gasteiger partial charge in [-0.05, 0) is 28.5 Å². The Morgan fingerprint density at radius 3 is 2.31 bits per heavy atom. The van der Waals surface area contributed by atoms with Crippen molar-refractivity contribution in [2.45, 2.75) is 30.0 Å². The molecule has 2 fully saturated rings. The molecule has 166 valence electrons. The Balaban J connectivity index is 1.22. The number of thiophene rings is 2. The Morgan fingerprint density at radius 2 is 1.53 bits per heavy atom. The van der Waals surface area contributed by atoms with E-state index in [1.807, 2.05) is 24.3 Å². The van der Waals surface area contributed by atoms with Crippen LogP contribution in [0.1, 0.15) is 18.4 Å². The van der Waals surface area contributed by atoms with Gasteiger partial charge in [-0.3, -0.25) is 4.90 Å². The number of fused-ring (bicyclic) bond motifs is 2. The van der Waals surface area contributed by atoms with Crippen LogP contribution in [0.25, 0.3) is 20.2 Å². The van der Waals surface area contributed by atoms with Crippen LogP contribution in [0.4, 0.5) is 0 Å². The van der Waals surface area contributed by atoms with E-state index in [1.165, 1.54) is 27.0 Å². The van der Waals surface area contributed by atoms with Crippen LogP contribution < -0.4 is 0 Å². The molecule has 0 N–H and O–H groups in total. The van der Waals surface area contributed by atoms with Gasteiger partial charge in [0.05, 0.1) is 6.61 Å². The predicted molar refractivity (Wildman–Crippen MR) is 131 cm³/mol. The van der Waals surface area contributed by atoms with Gasteiger partial charge in [0.1, 0.15) is 10.6 Å². The van der Waals surface area contributed by atoms with Crippen molar-refractivity contribution in [1.29, 1.82) is 0 Å². The van der Waals surface area contributed by atoms with Gasteiger partial charge in [-0.25, -0.2) is 8.42 Å². The minimum absolute atomic E-state index is 0.369. The van der Waals surface area contributed by atoms with Gasteiger partial charge in [-0.2, -0.15) is 4.31 Å². The fourth-order valence-corrected chi connectivity index (χ4v) is 8.92. The van der Waals surface area contributed by atoms with Crippen molar-refractivity contribution >= 4 is 52.9 Å². The summed E-state index contributed by atoms with van der Waals surface area (Å²) in [5.74, 6) is 0. The molecule has 6 rings (SSSR count). The fourth-order valence-electron chi connectivity index (χ4n) is 5.05. The first-order valence-electron chi connectivity index (χ1n) is 10.9. The van der Waals surface area contributed by atoms with E-state index in [-0.39, 0.29) is 5.72 Å². The summed E-state index contributed by atoms with van der Waals surface area (Å²) in [7, 11) is -3.52. The summed E-state index contributed by atoms with van der Waals surface area (Å²) in [5.41, 5.74) is 0.960. The average Bonchev–Trinajstić information content (AvgIpc) is 3.53. The summed E-state index contributed by atoms with van der Waals surface area (Å²) in [6.45, 7) is 3.38. The molecule has 0 unspecified atom stereocenters. The van der Waals surface area contributed by atoms with Crippen LogP contribution in [-0.2, 0) is 21.3 Å². The third-order valence-corrected chi connectivity index (χ3v) is 10.9. The number of hydrogen-bond donors (Lipinski definition) is 0. The average molecular weight is 485 g/mol. The molecule has 2 aromatic carbocycles. The number of hydrogen-bond acceptors (Lipinski definition) is 6. The van der Waals surface area contributed by atoms with Crippen LogP contribution in [0.5, 0.6) is 0 Å². The van der Waals surface area contributed by atoms with Crippen LogP contribution in [0.2, 0.25) is 0 Å². The van der Waals surface area contributed by atoms with Gasteiger partial charge in [0.25, 0.3) is 0 Å². The summed E-state index contributed by atoms with van der Waals surface area (Å²) in [5, 5.41) is 6.16. The fraction of sp³-hybridized carbons (Fsp3) is 0.333. The lowest BCUT2D eigenvalue weighted by atomic mass is 9.99. The molecule has 0 bridgehead atoms. The Labute approximate surface area is 195 Å². The zero-order valence-electron chi connectivity index (χ0n) is 17.6. The van der Waals surface area contributed by atoms with Crippen LogP contribution in [0, 0.1) is 0 Å². The summed E-state index contributed by atoms with van der Waals surface area (Å²) in [4.78, 5) is 2.86. The first kappa shape index (κ1) is 20.8. The van der Waals surface area contributed by atoms with Gasteiger partial charge >= 0.3 is 0 Å². The summed E-state index contributed by atoms with van der Waals surface area (Å²) in [6, 6.07) is 16.2. The van der Waals surface area contributed by atoms with E-state index >= 15 is 0 Å². The number of nitrogens with zero attached hydrogens (tertiary/aromatic N) is 2. The zero-order chi connectivity index (χ0) is 21.8. The topological polar surface area (TPSA) is 49.9 Å². The van der Waals surface area contributed by atoms with Gasteiger partial charge in [-0.1, -0.05) is 36.4 Å². The molecule has 0 saturated carbocycles. The molecule has 2 aliphatic heterocycles. The molecule has 4 aromatic rings. The minimum Gasteiger partial charge on any atom is -0.359 e. The van der Waals surface area contributed by atoms with E-state index < -0.39 is 10.0 Å². The lowest BCUT2D eigenvalue weighted by Gasteiger charge is -2.43. The molecular formula is C24H24N2O3S3. The maximum Gasteiger partial charge on any atom is 0.244 e. The number of sulfonamides is 1. The van der Waals surface area contributed by atoms with Gasteiger partial charge in [0.2, 0.25) is 10.0 Å². The standard InChI is InChI=1S/C24H24N2O3S3/c27-32(28,23-17-31-22-8-4-2-6-20(22)23)26-11-9-24(10-12-26)25(13-14-29-24)15-18-16-30-21-7-3-1-5-19(18)21/h1-8,16-17H,9-15H2. The zero-order valence-corrected chi connectivity index (χ0v) is 20.0. The molecule has 5 nitrogen and oxygen atoms in total. The highest BCUT2D eigenvalue weighted by Crippen LogP contribution is 2.39. The van der Waals surface area contributed by atoms with E-state index in [0.717, 1.165) is 23.2 Å². The lowest BCUT2D eigenvalue weighted by Crippen LogP contribution is -2.53. The van der Waals surface area contributed by atoms with Gasteiger partial charge in [-0.15, -0.1) is 22.7 Å². The molecular weight excluding hydrogens is 460 g/mol. The van der Waals surface area contributed by atoms with E-state index in [2.05, 4.69) is 34.5 Å². The maximum atomic E-state index is 13.4. The second-order valence-corrected chi connectivity index (χ2v) is 12.2. The first-order chi connectivity index (χ1) is 15.6. The second kappa shape index (κ2) is 7.90. The van der Waals surface area contributed by atoms with E-state index in [9.17, 15) is 8.42 Å². The molecule has 4 heterocycles. The van der Waals surface area contributed by atoms with E-state index in [1.54, 1.807) is 21.0 Å². The maximum absolute atomic E-state index is 13.4.